The summed E-state index contributed by atoms with van der Waals surface area (Å²) in [6, 6.07) is 3.79. The van der Waals surface area contributed by atoms with Crippen molar-refractivity contribution in [3.63, 3.8) is 0 Å². The molecule has 1 aromatic rings. The predicted octanol–water partition coefficient (Wildman–Crippen LogP) is 6.27. The molecule has 3 rings (SSSR count). The first-order chi connectivity index (χ1) is 13.6. The van der Waals surface area contributed by atoms with E-state index in [-0.39, 0.29) is 5.56 Å². The maximum absolute atomic E-state index is 13.8. The third kappa shape index (κ3) is 5.52. The minimum atomic E-state index is -0.874. The standard InChI is InChI=1S/C23H31F2NO2/c1-2-3-4-16-5-7-17(8-6-16)9-10-18-14-27-23(28-15-18)19-11-21(24)20(13-26)22(25)12-19/h11-12,16-18,23H,2-10,14-15H2,1H3. The minimum absolute atomic E-state index is 0.290. The van der Waals surface area contributed by atoms with Crippen LogP contribution in [0.4, 0.5) is 8.78 Å². The second-order valence-corrected chi connectivity index (χ2v) is 8.44. The van der Waals surface area contributed by atoms with Gasteiger partial charge in [-0.05, 0) is 30.4 Å². The summed E-state index contributed by atoms with van der Waals surface area (Å²) in [5.74, 6) is 0.341. The Bertz CT molecular complexity index is 649. The number of hydrogen-bond acceptors (Lipinski definition) is 3. The van der Waals surface area contributed by atoms with E-state index in [0.717, 1.165) is 30.4 Å². The van der Waals surface area contributed by atoms with Gasteiger partial charge in [-0.15, -0.1) is 0 Å². The molecule has 3 nitrogen and oxygen atoms in total. The molecule has 0 radical (unpaired) electrons. The topological polar surface area (TPSA) is 42.2 Å². The van der Waals surface area contributed by atoms with Gasteiger partial charge in [0.05, 0.1) is 13.2 Å². The van der Waals surface area contributed by atoms with Crippen molar-refractivity contribution in [2.45, 2.75) is 71.0 Å². The molecule has 0 spiro atoms. The Morgan fingerprint density at radius 2 is 1.46 bits per heavy atom. The Morgan fingerprint density at radius 3 is 2.00 bits per heavy atom. The summed E-state index contributed by atoms with van der Waals surface area (Å²) in [5.41, 5.74) is -0.278. The molecule has 2 fully saturated rings. The highest BCUT2D eigenvalue weighted by Gasteiger charge is 2.27. The van der Waals surface area contributed by atoms with Crippen LogP contribution in [0, 0.1) is 40.7 Å². The molecule has 1 saturated heterocycles. The van der Waals surface area contributed by atoms with Gasteiger partial charge in [0, 0.05) is 11.5 Å². The van der Waals surface area contributed by atoms with Gasteiger partial charge in [-0.1, -0.05) is 58.3 Å². The van der Waals surface area contributed by atoms with E-state index in [1.54, 1.807) is 0 Å². The van der Waals surface area contributed by atoms with Crippen molar-refractivity contribution in [2.24, 2.45) is 17.8 Å². The van der Waals surface area contributed by atoms with Crippen molar-refractivity contribution in [3.05, 3.63) is 34.9 Å². The predicted molar refractivity (Wildman–Crippen MR) is 103 cm³/mol. The smallest absolute Gasteiger partial charge is 0.184 e. The number of hydrogen-bond donors (Lipinski definition) is 0. The van der Waals surface area contributed by atoms with Crippen LogP contribution >= 0.6 is 0 Å². The van der Waals surface area contributed by atoms with Crippen molar-refractivity contribution in [1.82, 2.24) is 0 Å². The van der Waals surface area contributed by atoms with Crippen LogP contribution in [0.15, 0.2) is 12.1 Å². The van der Waals surface area contributed by atoms with E-state index in [1.807, 2.05) is 0 Å². The number of rotatable bonds is 7. The summed E-state index contributed by atoms with van der Waals surface area (Å²) in [6.07, 6.45) is 11.0. The van der Waals surface area contributed by atoms with Crippen LogP contribution in [-0.4, -0.2) is 13.2 Å². The van der Waals surface area contributed by atoms with Gasteiger partial charge >= 0.3 is 0 Å². The number of nitriles is 1. The third-order valence-electron chi connectivity index (χ3n) is 6.33. The lowest BCUT2D eigenvalue weighted by atomic mass is 9.77. The lowest BCUT2D eigenvalue weighted by Crippen LogP contribution is -2.28. The zero-order valence-corrected chi connectivity index (χ0v) is 16.8. The molecule has 0 N–H and O–H groups in total. The van der Waals surface area contributed by atoms with Crippen LogP contribution in [0.3, 0.4) is 0 Å². The summed E-state index contributed by atoms with van der Waals surface area (Å²) in [7, 11) is 0. The van der Waals surface area contributed by atoms with Gasteiger partial charge in [0.25, 0.3) is 0 Å². The molecule has 0 bridgehead atoms. The van der Waals surface area contributed by atoms with Crippen LogP contribution in [0.1, 0.15) is 82.1 Å². The quantitative estimate of drug-likeness (QED) is 0.550. The Hall–Kier alpha value is -1.51. The van der Waals surface area contributed by atoms with Crippen LogP contribution < -0.4 is 0 Å². The average Bonchev–Trinajstić information content (AvgIpc) is 2.71. The Morgan fingerprint density at radius 1 is 0.929 bits per heavy atom. The molecule has 1 aliphatic heterocycles. The molecule has 1 aliphatic carbocycles. The summed E-state index contributed by atoms with van der Waals surface area (Å²) in [6.45, 7) is 3.35. The lowest BCUT2D eigenvalue weighted by molar-refractivity contribution is -0.206. The second-order valence-electron chi connectivity index (χ2n) is 8.44. The fourth-order valence-electron chi connectivity index (χ4n) is 4.51. The van der Waals surface area contributed by atoms with E-state index in [0.29, 0.717) is 19.1 Å². The summed E-state index contributed by atoms with van der Waals surface area (Å²) in [5, 5.41) is 8.76. The maximum atomic E-state index is 13.8. The normalized spacial score (nSPS) is 28.1. The van der Waals surface area contributed by atoms with Gasteiger partial charge in [-0.2, -0.15) is 5.26 Å². The molecule has 1 aromatic carbocycles. The monoisotopic (exact) mass is 391 g/mol. The first-order valence-corrected chi connectivity index (χ1v) is 10.7. The van der Waals surface area contributed by atoms with Crippen molar-refractivity contribution in [1.29, 1.82) is 5.26 Å². The Labute approximate surface area is 167 Å². The van der Waals surface area contributed by atoms with Crippen molar-refractivity contribution in [2.75, 3.05) is 13.2 Å². The molecule has 1 saturated carbocycles. The van der Waals surface area contributed by atoms with Gasteiger partial charge in [0.15, 0.2) is 6.29 Å². The molecule has 1 heterocycles. The van der Waals surface area contributed by atoms with E-state index in [1.165, 1.54) is 57.4 Å². The number of ether oxygens (including phenoxy) is 2. The lowest BCUT2D eigenvalue weighted by Gasteiger charge is -2.32. The highest BCUT2D eigenvalue weighted by atomic mass is 19.1. The maximum Gasteiger partial charge on any atom is 0.184 e. The number of unbranched alkanes of at least 4 members (excludes halogenated alkanes) is 1. The largest absolute Gasteiger partial charge is 0.348 e. The SMILES string of the molecule is CCCCC1CCC(CCC2COC(c3cc(F)c(C#N)c(F)c3)OC2)CC1. The first kappa shape index (κ1) is 21.2. The molecule has 28 heavy (non-hydrogen) atoms. The highest BCUT2D eigenvalue weighted by molar-refractivity contribution is 5.35. The zero-order valence-electron chi connectivity index (χ0n) is 16.8. The van der Waals surface area contributed by atoms with E-state index < -0.39 is 23.5 Å². The molecule has 0 aromatic heterocycles. The van der Waals surface area contributed by atoms with Crippen LogP contribution in [0.5, 0.6) is 0 Å². The van der Waals surface area contributed by atoms with Crippen LogP contribution in [0.25, 0.3) is 0 Å². The Balaban J connectivity index is 1.40. The van der Waals surface area contributed by atoms with Crippen molar-refractivity contribution < 1.29 is 18.3 Å². The summed E-state index contributed by atoms with van der Waals surface area (Å²) >= 11 is 0. The fraction of sp³-hybridized carbons (Fsp3) is 0.696. The van der Waals surface area contributed by atoms with E-state index in [2.05, 4.69) is 6.92 Å². The Kier molecular flexibility index (Phi) is 7.82. The van der Waals surface area contributed by atoms with Crippen LogP contribution in [0.2, 0.25) is 0 Å². The molecule has 0 unspecified atom stereocenters. The average molecular weight is 392 g/mol. The van der Waals surface area contributed by atoms with E-state index in [9.17, 15) is 8.78 Å². The van der Waals surface area contributed by atoms with Gasteiger partial charge in [0.2, 0.25) is 0 Å². The molecule has 5 heteroatoms. The highest BCUT2D eigenvalue weighted by Crippen LogP contribution is 2.36. The molecule has 154 valence electrons. The van der Waals surface area contributed by atoms with E-state index >= 15 is 0 Å². The van der Waals surface area contributed by atoms with E-state index in [4.69, 9.17) is 14.7 Å². The van der Waals surface area contributed by atoms with Crippen molar-refractivity contribution >= 4 is 0 Å². The summed E-state index contributed by atoms with van der Waals surface area (Å²) in [4.78, 5) is 0. The molecule has 0 atom stereocenters. The molecular weight excluding hydrogens is 360 g/mol. The molecular formula is C23H31F2NO2. The van der Waals surface area contributed by atoms with Gasteiger partial charge in [-0.3, -0.25) is 0 Å². The number of benzene rings is 1. The first-order valence-electron chi connectivity index (χ1n) is 10.7. The zero-order chi connectivity index (χ0) is 19.9. The molecule has 0 amide bonds. The van der Waals surface area contributed by atoms with Gasteiger partial charge in [0.1, 0.15) is 23.3 Å². The number of nitrogens with zero attached hydrogens (tertiary/aromatic N) is 1. The fourth-order valence-corrected chi connectivity index (χ4v) is 4.51. The second kappa shape index (κ2) is 10.3. The number of halogens is 2. The van der Waals surface area contributed by atoms with Crippen LogP contribution in [-0.2, 0) is 9.47 Å². The molecule has 2 aliphatic rings. The minimum Gasteiger partial charge on any atom is -0.348 e. The van der Waals surface area contributed by atoms with Crippen molar-refractivity contribution in [3.8, 4) is 6.07 Å². The third-order valence-corrected chi connectivity index (χ3v) is 6.33. The van der Waals surface area contributed by atoms with Gasteiger partial charge in [-0.25, -0.2) is 8.78 Å². The van der Waals surface area contributed by atoms with Gasteiger partial charge < -0.3 is 9.47 Å². The summed E-state index contributed by atoms with van der Waals surface area (Å²) < 4.78 is 39.0.